The van der Waals surface area contributed by atoms with E-state index in [4.69, 9.17) is 11.0 Å². The van der Waals surface area contributed by atoms with Gasteiger partial charge in [-0.15, -0.1) is 0 Å². The molecule has 0 aliphatic heterocycles. The quantitative estimate of drug-likeness (QED) is 0.867. The van der Waals surface area contributed by atoms with Gasteiger partial charge in [0.15, 0.2) is 5.82 Å². The van der Waals surface area contributed by atoms with Gasteiger partial charge >= 0.3 is 0 Å². The zero-order valence-corrected chi connectivity index (χ0v) is 13.0. The number of benzene rings is 1. The Morgan fingerprint density at radius 3 is 2.63 bits per heavy atom. The standard InChI is InChI=1S/C14H19BrFN3/c1-9(2)6-14(3,8-18)19-11-5-4-10(7-17)12(15)13(11)16/h4-5,9,19H,6,8,18H2,1-3H3. The highest BCUT2D eigenvalue weighted by atomic mass is 79.9. The van der Waals surface area contributed by atoms with E-state index in [9.17, 15) is 4.39 Å². The molecular formula is C14H19BrFN3. The minimum absolute atomic E-state index is 0.184. The minimum atomic E-state index is -0.456. The van der Waals surface area contributed by atoms with Crippen LogP contribution >= 0.6 is 15.9 Å². The minimum Gasteiger partial charge on any atom is -0.376 e. The van der Waals surface area contributed by atoms with Crippen LogP contribution in [0.25, 0.3) is 0 Å². The van der Waals surface area contributed by atoms with Gasteiger partial charge in [-0.1, -0.05) is 13.8 Å². The summed E-state index contributed by atoms with van der Waals surface area (Å²) in [6.07, 6.45) is 0.834. The summed E-state index contributed by atoms with van der Waals surface area (Å²) in [5, 5.41) is 12.0. The second kappa shape index (κ2) is 6.36. The van der Waals surface area contributed by atoms with Crippen molar-refractivity contribution in [1.29, 1.82) is 5.26 Å². The van der Waals surface area contributed by atoms with Gasteiger partial charge in [-0.25, -0.2) is 4.39 Å². The first-order valence-corrected chi connectivity index (χ1v) is 6.98. The van der Waals surface area contributed by atoms with Crippen LogP contribution in [0, 0.1) is 23.1 Å². The Balaban J connectivity index is 3.05. The van der Waals surface area contributed by atoms with Crippen LogP contribution in [-0.2, 0) is 0 Å². The van der Waals surface area contributed by atoms with Crippen molar-refractivity contribution in [2.45, 2.75) is 32.7 Å². The summed E-state index contributed by atoms with van der Waals surface area (Å²) in [7, 11) is 0. The molecule has 0 aliphatic rings. The second-order valence-electron chi connectivity index (χ2n) is 5.39. The highest BCUT2D eigenvalue weighted by Crippen LogP contribution is 2.30. The largest absolute Gasteiger partial charge is 0.376 e. The summed E-state index contributed by atoms with van der Waals surface area (Å²) < 4.78 is 14.3. The molecule has 1 aromatic carbocycles. The number of hydrogen-bond acceptors (Lipinski definition) is 3. The highest BCUT2D eigenvalue weighted by Gasteiger charge is 2.25. The van der Waals surface area contributed by atoms with Crippen molar-refractivity contribution in [3.05, 3.63) is 28.0 Å². The smallest absolute Gasteiger partial charge is 0.161 e. The molecule has 1 aromatic rings. The van der Waals surface area contributed by atoms with Crippen molar-refractivity contribution in [2.24, 2.45) is 11.7 Å². The summed E-state index contributed by atoms with van der Waals surface area (Å²) in [5.74, 6) is -0.00610. The number of nitrogens with zero attached hydrogens (tertiary/aromatic N) is 1. The van der Waals surface area contributed by atoms with Crippen molar-refractivity contribution in [2.75, 3.05) is 11.9 Å². The Hall–Kier alpha value is -1.12. The Morgan fingerprint density at radius 2 is 2.16 bits per heavy atom. The Labute approximate surface area is 122 Å². The lowest BCUT2D eigenvalue weighted by Gasteiger charge is -2.32. The summed E-state index contributed by atoms with van der Waals surface area (Å²) in [6, 6.07) is 5.09. The van der Waals surface area contributed by atoms with Crippen LogP contribution in [0.3, 0.4) is 0 Å². The number of nitrogens with one attached hydrogen (secondary N) is 1. The molecule has 3 N–H and O–H groups in total. The van der Waals surface area contributed by atoms with Crippen LogP contribution in [0.15, 0.2) is 16.6 Å². The summed E-state index contributed by atoms with van der Waals surface area (Å²) in [4.78, 5) is 0. The Kier molecular flexibility index (Phi) is 5.33. The molecule has 1 unspecified atom stereocenters. The van der Waals surface area contributed by atoms with E-state index in [1.807, 2.05) is 13.0 Å². The van der Waals surface area contributed by atoms with Crippen LogP contribution in [0.2, 0.25) is 0 Å². The maximum Gasteiger partial charge on any atom is 0.161 e. The molecule has 0 saturated carbocycles. The van der Waals surface area contributed by atoms with Crippen molar-refractivity contribution < 1.29 is 4.39 Å². The first-order chi connectivity index (χ1) is 8.83. The third-order valence-electron chi connectivity index (χ3n) is 2.95. The van der Waals surface area contributed by atoms with E-state index in [1.165, 1.54) is 0 Å². The summed E-state index contributed by atoms with van der Waals surface area (Å²) in [6.45, 7) is 6.57. The zero-order chi connectivity index (χ0) is 14.6. The normalized spacial score (nSPS) is 14.0. The lowest BCUT2D eigenvalue weighted by atomic mass is 9.90. The molecule has 0 radical (unpaired) electrons. The summed E-state index contributed by atoms with van der Waals surface area (Å²) >= 11 is 3.10. The van der Waals surface area contributed by atoms with Crippen LogP contribution in [0.4, 0.5) is 10.1 Å². The predicted octanol–water partition coefficient (Wildman–Crippen LogP) is 3.64. The van der Waals surface area contributed by atoms with Crippen molar-refractivity contribution in [3.8, 4) is 6.07 Å². The molecule has 1 atom stereocenters. The van der Waals surface area contributed by atoms with Gasteiger partial charge in [0.2, 0.25) is 0 Å². The molecule has 104 valence electrons. The maximum atomic E-state index is 14.2. The average Bonchev–Trinajstić information content (AvgIpc) is 2.34. The van der Waals surface area contributed by atoms with Gasteiger partial charge in [-0.3, -0.25) is 0 Å². The predicted molar refractivity (Wildman–Crippen MR) is 79.4 cm³/mol. The third kappa shape index (κ3) is 3.92. The SMILES string of the molecule is CC(C)CC(C)(CN)Nc1ccc(C#N)c(Br)c1F. The van der Waals surface area contributed by atoms with Crippen LogP contribution in [0.1, 0.15) is 32.8 Å². The Morgan fingerprint density at radius 1 is 1.53 bits per heavy atom. The first-order valence-electron chi connectivity index (χ1n) is 6.19. The van der Waals surface area contributed by atoms with Gasteiger partial charge in [0.1, 0.15) is 6.07 Å². The van der Waals surface area contributed by atoms with E-state index in [-0.39, 0.29) is 15.6 Å². The molecule has 0 bridgehead atoms. The van der Waals surface area contributed by atoms with E-state index in [2.05, 4.69) is 35.1 Å². The van der Waals surface area contributed by atoms with E-state index in [0.717, 1.165) is 6.42 Å². The number of nitrogens with two attached hydrogens (primary N) is 1. The number of nitriles is 1. The summed E-state index contributed by atoms with van der Waals surface area (Å²) in [5.41, 5.74) is 6.07. The first kappa shape index (κ1) is 15.9. The Bertz CT molecular complexity index is 496. The molecule has 5 heteroatoms. The van der Waals surface area contributed by atoms with E-state index in [1.54, 1.807) is 12.1 Å². The van der Waals surface area contributed by atoms with Gasteiger partial charge in [0, 0.05) is 12.1 Å². The van der Waals surface area contributed by atoms with Gasteiger partial charge in [0.25, 0.3) is 0 Å². The molecule has 0 aliphatic carbocycles. The lowest BCUT2D eigenvalue weighted by Crippen LogP contribution is -2.43. The second-order valence-corrected chi connectivity index (χ2v) is 6.18. The average molecular weight is 328 g/mol. The van der Waals surface area contributed by atoms with Crippen LogP contribution in [-0.4, -0.2) is 12.1 Å². The molecule has 0 fully saturated rings. The van der Waals surface area contributed by atoms with Gasteiger partial charge in [-0.05, 0) is 47.3 Å². The van der Waals surface area contributed by atoms with Crippen LogP contribution < -0.4 is 11.1 Å². The number of hydrogen-bond donors (Lipinski definition) is 2. The molecule has 1 rings (SSSR count). The fraction of sp³-hybridized carbons (Fsp3) is 0.500. The molecule has 0 spiro atoms. The van der Waals surface area contributed by atoms with Crippen molar-refractivity contribution >= 4 is 21.6 Å². The van der Waals surface area contributed by atoms with Crippen LogP contribution in [0.5, 0.6) is 0 Å². The molecule has 0 heterocycles. The number of halogens is 2. The van der Waals surface area contributed by atoms with Gasteiger partial charge in [0.05, 0.1) is 15.7 Å². The molecule has 0 saturated heterocycles. The van der Waals surface area contributed by atoms with Crippen molar-refractivity contribution in [3.63, 3.8) is 0 Å². The van der Waals surface area contributed by atoms with E-state index in [0.29, 0.717) is 18.2 Å². The van der Waals surface area contributed by atoms with Gasteiger partial charge < -0.3 is 11.1 Å². The third-order valence-corrected chi connectivity index (χ3v) is 3.72. The lowest BCUT2D eigenvalue weighted by molar-refractivity contribution is 0.405. The molecule has 0 amide bonds. The van der Waals surface area contributed by atoms with E-state index < -0.39 is 5.82 Å². The molecular weight excluding hydrogens is 309 g/mol. The topological polar surface area (TPSA) is 61.8 Å². The number of anilines is 1. The zero-order valence-electron chi connectivity index (χ0n) is 11.4. The number of rotatable bonds is 5. The highest BCUT2D eigenvalue weighted by molar-refractivity contribution is 9.10. The van der Waals surface area contributed by atoms with Gasteiger partial charge in [-0.2, -0.15) is 5.26 Å². The van der Waals surface area contributed by atoms with E-state index >= 15 is 0 Å². The fourth-order valence-electron chi connectivity index (χ4n) is 2.14. The molecule has 3 nitrogen and oxygen atoms in total. The maximum absolute atomic E-state index is 14.2. The van der Waals surface area contributed by atoms with Crippen molar-refractivity contribution in [1.82, 2.24) is 0 Å². The molecule has 19 heavy (non-hydrogen) atoms. The fourth-order valence-corrected chi connectivity index (χ4v) is 2.58. The monoisotopic (exact) mass is 327 g/mol. The molecule has 0 aromatic heterocycles.